The number of amidine groups is 1. The lowest BCUT2D eigenvalue weighted by atomic mass is 9.97. The van der Waals surface area contributed by atoms with Gasteiger partial charge in [-0.2, -0.15) is 4.31 Å². The fourth-order valence-corrected chi connectivity index (χ4v) is 3.80. The smallest absolute Gasteiger partial charge is 0.245 e. The molecule has 0 aromatic heterocycles. The van der Waals surface area contributed by atoms with Gasteiger partial charge >= 0.3 is 0 Å². The first kappa shape index (κ1) is 14.7. The number of rotatable bonds is 3. The standard InChI is InChI=1S/C12H16FN3O3S/c13-10-3-1-2-4-11(10)20(18,19)16-7-5-9(6-8-16)12(14)15-17/h1-4,9,17H,5-8H2,(H2,14,15). The van der Waals surface area contributed by atoms with Crippen molar-refractivity contribution in [2.45, 2.75) is 17.7 Å². The first-order chi connectivity index (χ1) is 9.46. The van der Waals surface area contributed by atoms with Crippen molar-refractivity contribution in [3.05, 3.63) is 30.1 Å². The molecule has 8 heteroatoms. The first-order valence-electron chi connectivity index (χ1n) is 6.19. The second kappa shape index (κ2) is 5.76. The van der Waals surface area contributed by atoms with Gasteiger partial charge in [-0.25, -0.2) is 12.8 Å². The highest BCUT2D eigenvalue weighted by Crippen LogP contribution is 2.25. The molecule has 1 aliphatic heterocycles. The maximum absolute atomic E-state index is 13.6. The molecule has 0 saturated carbocycles. The van der Waals surface area contributed by atoms with Crippen molar-refractivity contribution < 1.29 is 18.0 Å². The van der Waals surface area contributed by atoms with Crippen molar-refractivity contribution in [1.29, 1.82) is 0 Å². The number of oxime groups is 1. The summed E-state index contributed by atoms with van der Waals surface area (Å²) >= 11 is 0. The molecule has 0 bridgehead atoms. The predicted molar refractivity (Wildman–Crippen MR) is 71.3 cm³/mol. The Bertz CT molecular complexity index is 610. The van der Waals surface area contributed by atoms with Crippen LogP contribution in [0.4, 0.5) is 4.39 Å². The maximum atomic E-state index is 13.6. The van der Waals surface area contributed by atoms with Gasteiger partial charge in [0.1, 0.15) is 16.5 Å². The Hall–Kier alpha value is -1.67. The van der Waals surface area contributed by atoms with Gasteiger partial charge < -0.3 is 10.9 Å². The molecule has 110 valence electrons. The topological polar surface area (TPSA) is 96.0 Å². The maximum Gasteiger partial charge on any atom is 0.245 e. The van der Waals surface area contributed by atoms with Gasteiger partial charge in [0.15, 0.2) is 0 Å². The lowest BCUT2D eigenvalue weighted by Gasteiger charge is -2.30. The Kier molecular flexibility index (Phi) is 4.24. The van der Waals surface area contributed by atoms with Crippen LogP contribution in [0.1, 0.15) is 12.8 Å². The number of benzene rings is 1. The van der Waals surface area contributed by atoms with E-state index in [2.05, 4.69) is 5.16 Å². The quantitative estimate of drug-likeness (QED) is 0.376. The molecule has 0 spiro atoms. The second-order valence-corrected chi connectivity index (χ2v) is 6.54. The number of sulfonamides is 1. The van der Waals surface area contributed by atoms with Crippen LogP contribution in [0.25, 0.3) is 0 Å². The summed E-state index contributed by atoms with van der Waals surface area (Å²) in [5.41, 5.74) is 5.51. The molecule has 1 aliphatic rings. The third-order valence-corrected chi connectivity index (χ3v) is 5.37. The summed E-state index contributed by atoms with van der Waals surface area (Å²) in [5, 5.41) is 11.5. The average Bonchev–Trinajstić information content (AvgIpc) is 2.47. The highest BCUT2D eigenvalue weighted by Gasteiger charge is 2.32. The summed E-state index contributed by atoms with van der Waals surface area (Å²) in [6.45, 7) is 0.440. The predicted octanol–water partition coefficient (Wildman–Crippen LogP) is 0.973. The molecule has 2 rings (SSSR count). The summed E-state index contributed by atoms with van der Waals surface area (Å²) in [4.78, 5) is -0.317. The van der Waals surface area contributed by atoms with Gasteiger partial charge in [-0.3, -0.25) is 0 Å². The van der Waals surface area contributed by atoms with Crippen LogP contribution in [0, 0.1) is 11.7 Å². The molecular formula is C12H16FN3O3S. The zero-order chi connectivity index (χ0) is 14.8. The van der Waals surface area contributed by atoms with E-state index in [1.54, 1.807) is 0 Å². The fraction of sp³-hybridized carbons (Fsp3) is 0.417. The lowest BCUT2D eigenvalue weighted by Crippen LogP contribution is -2.42. The number of hydrogen-bond donors (Lipinski definition) is 2. The molecule has 0 radical (unpaired) electrons. The second-order valence-electron chi connectivity index (χ2n) is 4.63. The third kappa shape index (κ3) is 2.75. The minimum Gasteiger partial charge on any atom is -0.409 e. The number of nitrogens with two attached hydrogens (primary N) is 1. The van der Waals surface area contributed by atoms with E-state index in [1.165, 1.54) is 22.5 Å². The van der Waals surface area contributed by atoms with Crippen molar-refractivity contribution in [3.63, 3.8) is 0 Å². The van der Waals surface area contributed by atoms with Crippen LogP contribution in [0.2, 0.25) is 0 Å². The van der Waals surface area contributed by atoms with Crippen molar-refractivity contribution in [3.8, 4) is 0 Å². The number of piperidine rings is 1. The lowest BCUT2D eigenvalue weighted by molar-refractivity contribution is 0.290. The molecule has 0 unspecified atom stereocenters. The van der Waals surface area contributed by atoms with E-state index < -0.39 is 15.8 Å². The third-order valence-electron chi connectivity index (χ3n) is 3.44. The Morgan fingerprint density at radius 3 is 2.50 bits per heavy atom. The fourth-order valence-electron chi connectivity index (χ4n) is 2.27. The summed E-state index contributed by atoms with van der Waals surface area (Å²) < 4.78 is 39.5. The SMILES string of the molecule is NC(=NO)C1CCN(S(=O)(=O)c2ccccc2F)CC1. The average molecular weight is 301 g/mol. The van der Waals surface area contributed by atoms with Gasteiger partial charge in [0, 0.05) is 19.0 Å². The molecule has 1 aromatic carbocycles. The van der Waals surface area contributed by atoms with Gasteiger partial charge in [-0.1, -0.05) is 17.3 Å². The van der Waals surface area contributed by atoms with Crippen LogP contribution < -0.4 is 5.73 Å². The van der Waals surface area contributed by atoms with E-state index in [4.69, 9.17) is 10.9 Å². The number of halogens is 1. The summed E-state index contributed by atoms with van der Waals surface area (Å²) in [7, 11) is -3.83. The van der Waals surface area contributed by atoms with Crippen LogP contribution >= 0.6 is 0 Å². The van der Waals surface area contributed by atoms with Crippen molar-refractivity contribution in [2.75, 3.05) is 13.1 Å². The van der Waals surface area contributed by atoms with E-state index >= 15 is 0 Å². The van der Waals surface area contributed by atoms with Crippen LogP contribution in [0.5, 0.6) is 0 Å². The van der Waals surface area contributed by atoms with Crippen molar-refractivity contribution >= 4 is 15.9 Å². The Morgan fingerprint density at radius 1 is 1.35 bits per heavy atom. The van der Waals surface area contributed by atoms with Crippen LogP contribution in [-0.2, 0) is 10.0 Å². The van der Waals surface area contributed by atoms with Crippen LogP contribution in [0.3, 0.4) is 0 Å². The van der Waals surface area contributed by atoms with Gasteiger partial charge in [-0.05, 0) is 25.0 Å². The molecule has 0 aliphatic carbocycles. The normalized spacial score (nSPS) is 19.1. The molecule has 0 amide bonds. The van der Waals surface area contributed by atoms with Crippen LogP contribution in [0.15, 0.2) is 34.3 Å². The Labute approximate surface area is 116 Å². The molecule has 1 aromatic rings. The summed E-state index contributed by atoms with van der Waals surface area (Å²) in [6, 6.07) is 5.30. The van der Waals surface area contributed by atoms with Gasteiger partial charge in [0.2, 0.25) is 10.0 Å². The molecule has 1 saturated heterocycles. The summed E-state index contributed by atoms with van der Waals surface area (Å²) in [5.74, 6) is -0.800. The minimum absolute atomic E-state index is 0.105. The molecule has 6 nitrogen and oxygen atoms in total. The Balaban J connectivity index is 2.16. The van der Waals surface area contributed by atoms with Gasteiger partial charge in [0.25, 0.3) is 0 Å². The molecular weight excluding hydrogens is 285 g/mol. The van der Waals surface area contributed by atoms with E-state index in [9.17, 15) is 12.8 Å². The highest BCUT2D eigenvalue weighted by atomic mass is 32.2. The van der Waals surface area contributed by atoms with E-state index in [0.29, 0.717) is 12.8 Å². The van der Waals surface area contributed by atoms with Crippen molar-refractivity contribution in [1.82, 2.24) is 4.31 Å². The number of hydrogen-bond acceptors (Lipinski definition) is 4. The zero-order valence-electron chi connectivity index (χ0n) is 10.7. The molecule has 20 heavy (non-hydrogen) atoms. The van der Waals surface area contributed by atoms with Crippen LogP contribution in [-0.4, -0.2) is 36.9 Å². The largest absolute Gasteiger partial charge is 0.409 e. The van der Waals surface area contributed by atoms with E-state index in [-0.39, 0.29) is 29.7 Å². The number of nitrogens with zero attached hydrogens (tertiary/aromatic N) is 2. The molecule has 0 atom stereocenters. The molecule has 1 heterocycles. The van der Waals surface area contributed by atoms with Gasteiger partial charge in [-0.15, -0.1) is 0 Å². The molecule has 1 fully saturated rings. The first-order valence-corrected chi connectivity index (χ1v) is 7.63. The minimum atomic E-state index is -3.83. The monoisotopic (exact) mass is 301 g/mol. The summed E-state index contributed by atoms with van der Waals surface area (Å²) in [6.07, 6.45) is 0.896. The van der Waals surface area contributed by atoms with E-state index in [0.717, 1.165) is 6.07 Å². The van der Waals surface area contributed by atoms with Crippen molar-refractivity contribution in [2.24, 2.45) is 16.8 Å². The van der Waals surface area contributed by atoms with Gasteiger partial charge in [0.05, 0.1) is 0 Å². The molecule has 3 N–H and O–H groups in total. The Morgan fingerprint density at radius 2 is 1.95 bits per heavy atom. The highest BCUT2D eigenvalue weighted by molar-refractivity contribution is 7.89. The van der Waals surface area contributed by atoms with E-state index in [1.807, 2.05) is 0 Å². The zero-order valence-corrected chi connectivity index (χ0v) is 11.6.